The number of benzene rings is 1. The van der Waals surface area contributed by atoms with Gasteiger partial charge >= 0.3 is 6.03 Å². The van der Waals surface area contributed by atoms with Gasteiger partial charge in [-0.1, -0.05) is 33.8 Å². The van der Waals surface area contributed by atoms with Crippen LogP contribution in [0.1, 0.15) is 76.8 Å². The number of sulfonamides is 1. The molecule has 7 nitrogen and oxygen atoms in total. The van der Waals surface area contributed by atoms with Crippen molar-refractivity contribution in [2.75, 3.05) is 5.32 Å². The van der Waals surface area contributed by atoms with Crippen molar-refractivity contribution in [1.29, 1.82) is 0 Å². The monoisotopic (exact) mass is 480 g/mol. The van der Waals surface area contributed by atoms with Gasteiger partial charge in [-0.3, -0.25) is 0 Å². The number of halogens is 1. The second-order valence-corrected chi connectivity index (χ2v) is 12.0. The van der Waals surface area contributed by atoms with Gasteiger partial charge in [-0.05, 0) is 67.6 Å². The molecule has 2 saturated carbocycles. The molecule has 1 heterocycles. The minimum Gasteiger partial charge on any atom is -0.478 e. The van der Waals surface area contributed by atoms with Crippen molar-refractivity contribution in [3.8, 4) is 0 Å². The Kier molecular flexibility index (Phi) is 6.02. The number of carbonyl (C=O) groups is 1. The summed E-state index contributed by atoms with van der Waals surface area (Å²) >= 11 is 0. The Balaban J connectivity index is 1.57. The molecule has 2 aliphatic carbocycles. The third-order valence-corrected chi connectivity index (χ3v) is 8.73. The largest absolute Gasteiger partial charge is 0.478 e. The topological polar surface area (TPSA) is 105 Å². The van der Waals surface area contributed by atoms with Crippen molar-refractivity contribution < 1.29 is 27.4 Å². The van der Waals surface area contributed by atoms with Gasteiger partial charge < -0.3 is 15.2 Å². The van der Waals surface area contributed by atoms with Crippen LogP contribution in [-0.4, -0.2) is 31.3 Å². The van der Waals surface area contributed by atoms with E-state index in [1.165, 1.54) is 12.1 Å². The molecule has 1 aromatic rings. The van der Waals surface area contributed by atoms with Crippen LogP contribution < -0.4 is 10.0 Å². The smallest absolute Gasteiger partial charge is 0.333 e. The number of urea groups is 1. The summed E-state index contributed by atoms with van der Waals surface area (Å²) in [5, 5.41) is 13.3. The Morgan fingerprint density at radius 2 is 1.91 bits per heavy atom. The Bertz CT molecular complexity index is 1100. The fourth-order valence-electron chi connectivity index (χ4n) is 5.76. The fourth-order valence-corrected chi connectivity index (χ4v) is 6.72. The van der Waals surface area contributed by atoms with E-state index < -0.39 is 39.5 Å². The number of hydrogen-bond donors (Lipinski definition) is 3. The van der Waals surface area contributed by atoms with E-state index in [0.717, 1.165) is 19.3 Å². The van der Waals surface area contributed by atoms with Gasteiger partial charge in [0.15, 0.2) is 0 Å². The molecule has 0 spiro atoms. The molecule has 3 aliphatic rings. The van der Waals surface area contributed by atoms with Crippen molar-refractivity contribution >= 4 is 21.7 Å². The van der Waals surface area contributed by atoms with Crippen LogP contribution in [0.2, 0.25) is 0 Å². The Hall–Kier alpha value is -2.13. The zero-order chi connectivity index (χ0) is 24.3. The predicted octanol–water partition coefficient (Wildman–Crippen LogP) is 4.56. The molecule has 5 unspecified atom stereocenters. The second kappa shape index (κ2) is 8.27. The van der Waals surface area contributed by atoms with Crippen molar-refractivity contribution in [3.63, 3.8) is 0 Å². The molecule has 1 aliphatic heterocycles. The van der Waals surface area contributed by atoms with Crippen LogP contribution >= 0.6 is 0 Å². The van der Waals surface area contributed by atoms with E-state index in [9.17, 15) is 22.7 Å². The second-order valence-electron chi connectivity index (χ2n) is 10.4. The standard InChI is InChI=1S/C24H33FN2O5S/c1-12(2)16-8-9-18(25)20(13(3)4)21(16)26-23(28)27-33(30,31)19-11-17-22(32-19)14-6-7-15(10-14)24(17,5)29/h8-9,11-15,17,22,29H,6-7,10H2,1-5H3,(H2,26,27,28). The van der Waals surface area contributed by atoms with E-state index >= 15 is 0 Å². The first-order valence-electron chi connectivity index (χ1n) is 11.6. The minimum absolute atomic E-state index is 0.0170. The minimum atomic E-state index is -4.31. The number of ether oxygens (including phenoxy) is 1. The summed E-state index contributed by atoms with van der Waals surface area (Å²) in [6.45, 7) is 9.17. The Morgan fingerprint density at radius 1 is 1.21 bits per heavy atom. The van der Waals surface area contributed by atoms with E-state index in [-0.39, 0.29) is 34.5 Å². The van der Waals surface area contributed by atoms with Crippen LogP contribution in [0.4, 0.5) is 14.9 Å². The summed E-state index contributed by atoms with van der Waals surface area (Å²) in [5.74, 6) is -0.849. The third-order valence-electron chi connectivity index (χ3n) is 7.52. The molecular weight excluding hydrogens is 447 g/mol. The van der Waals surface area contributed by atoms with Gasteiger partial charge in [0.05, 0.1) is 11.3 Å². The Morgan fingerprint density at radius 3 is 2.55 bits per heavy atom. The molecule has 9 heteroatoms. The number of fused-ring (bicyclic) bond motifs is 4. The molecule has 0 radical (unpaired) electrons. The van der Waals surface area contributed by atoms with Gasteiger partial charge in [0, 0.05) is 11.5 Å². The average Bonchev–Trinajstić information content (AvgIpc) is 3.33. The maximum Gasteiger partial charge on any atom is 0.333 e. The van der Waals surface area contributed by atoms with E-state index in [0.29, 0.717) is 11.1 Å². The molecule has 3 N–H and O–H groups in total. The number of amides is 2. The molecule has 0 aromatic heterocycles. The van der Waals surface area contributed by atoms with Gasteiger partial charge in [0.25, 0.3) is 10.0 Å². The quantitative estimate of drug-likeness (QED) is 0.573. The van der Waals surface area contributed by atoms with Gasteiger partial charge in [0.1, 0.15) is 11.9 Å². The number of rotatable bonds is 5. The van der Waals surface area contributed by atoms with Crippen LogP contribution in [0.5, 0.6) is 0 Å². The lowest BCUT2D eigenvalue weighted by Gasteiger charge is -2.42. The molecule has 5 atom stereocenters. The van der Waals surface area contributed by atoms with Crippen LogP contribution in [0, 0.1) is 23.6 Å². The molecule has 2 amide bonds. The van der Waals surface area contributed by atoms with Crippen molar-refractivity contribution in [2.45, 2.75) is 77.4 Å². The number of carbonyl (C=O) groups excluding carboxylic acids is 1. The lowest BCUT2D eigenvalue weighted by Crippen LogP contribution is -2.49. The first-order valence-corrected chi connectivity index (χ1v) is 13.1. The van der Waals surface area contributed by atoms with Crippen LogP contribution in [-0.2, 0) is 14.8 Å². The SMILES string of the molecule is CC(C)c1ccc(F)c(C(C)C)c1NC(=O)NS(=O)(=O)C1=CC2C(O1)C1CCC(C1)C2(C)O. The van der Waals surface area contributed by atoms with Crippen molar-refractivity contribution in [1.82, 2.24) is 4.72 Å². The van der Waals surface area contributed by atoms with Crippen molar-refractivity contribution in [3.05, 3.63) is 40.2 Å². The number of nitrogens with one attached hydrogen (secondary N) is 2. The Labute approximate surface area is 194 Å². The number of aliphatic hydroxyl groups is 1. The van der Waals surface area contributed by atoms with Crippen molar-refractivity contribution in [2.24, 2.45) is 17.8 Å². The number of hydrogen-bond acceptors (Lipinski definition) is 5. The maximum atomic E-state index is 14.6. The van der Waals surface area contributed by atoms with E-state index in [4.69, 9.17) is 4.74 Å². The van der Waals surface area contributed by atoms with Gasteiger partial charge in [0.2, 0.25) is 5.09 Å². The van der Waals surface area contributed by atoms with Crippen LogP contribution in [0.25, 0.3) is 0 Å². The molecular formula is C24H33FN2O5S. The lowest BCUT2D eigenvalue weighted by molar-refractivity contribution is -0.102. The molecule has 2 bridgehead atoms. The van der Waals surface area contributed by atoms with E-state index in [2.05, 4.69) is 5.32 Å². The lowest BCUT2D eigenvalue weighted by atomic mass is 9.68. The van der Waals surface area contributed by atoms with Crippen LogP contribution in [0.15, 0.2) is 23.3 Å². The fraction of sp³-hybridized carbons (Fsp3) is 0.625. The third kappa shape index (κ3) is 4.14. The van der Waals surface area contributed by atoms with Gasteiger partial charge in [-0.25, -0.2) is 13.9 Å². The summed E-state index contributed by atoms with van der Waals surface area (Å²) in [5.41, 5.74) is 0.255. The zero-order valence-electron chi connectivity index (χ0n) is 19.7. The van der Waals surface area contributed by atoms with E-state index in [1.807, 2.05) is 18.6 Å². The highest BCUT2D eigenvalue weighted by Crippen LogP contribution is 2.54. The zero-order valence-corrected chi connectivity index (χ0v) is 20.5. The maximum absolute atomic E-state index is 14.6. The molecule has 1 aromatic carbocycles. The number of anilines is 1. The normalized spacial score (nSPS) is 30.8. The van der Waals surface area contributed by atoms with E-state index in [1.54, 1.807) is 26.8 Å². The summed E-state index contributed by atoms with van der Waals surface area (Å²) in [7, 11) is -4.31. The highest BCUT2D eigenvalue weighted by Gasteiger charge is 2.58. The highest BCUT2D eigenvalue weighted by atomic mass is 32.2. The molecule has 2 fully saturated rings. The summed E-state index contributed by atoms with van der Waals surface area (Å²) < 4.78 is 48.3. The molecule has 33 heavy (non-hydrogen) atoms. The van der Waals surface area contributed by atoms with Gasteiger partial charge in [-0.15, -0.1) is 0 Å². The molecule has 4 rings (SSSR count). The summed E-state index contributed by atoms with van der Waals surface area (Å²) in [4.78, 5) is 12.8. The summed E-state index contributed by atoms with van der Waals surface area (Å²) in [6, 6.07) is 1.97. The summed E-state index contributed by atoms with van der Waals surface area (Å²) in [6.07, 6.45) is 3.60. The average molecular weight is 481 g/mol. The first-order chi connectivity index (χ1) is 15.3. The molecule has 0 saturated heterocycles. The first kappa shape index (κ1) is 24.0. The van der Waals surface area contributed by atoms with Gasteiger partial charge in [-0.2, -0.15) is 8.42 Å². The highest BCUT2D eigenvalue weighted by molar-refractivity contribution is 7.93. The predicted molar refractivity (Wildman–Crippen MR) is 124 cm³/mol. The molecule has 182 valence electrons. The van der Waals surface area contributed by atoms with Crippen LogP contribution in [0.3, 0.4) is 0 Å².